The largest absolute Gasteiger partial charge is 0.307 e. The molecule has 10 nitrogen and oxygen atoms in total. The van der Waals surface area contributed by atoms with Gasteiger partial charge in [0.05, 0.1) is 24.2 Å². The zero-order chi connectivity index (χ0) is 26.1. The Morgan fingerprint density at radius 3 is 2.84 bits per heavy atom. The van der Waals surface area contributed by atoms with E-state index in [0.29, 0.717) is 11.4 Å². The second kappa shape index (κ2) is 9.90. The lowest BCUT2D eigenvalue weighted by Gasteiger charge is -2.32. The molecule has 1 aromatic carbocycles. The van der Waals surface area contributed by atoms with Crippen molar-refractivity contribution < 1.29 is 9.39 Å². The molecular formula is C28H30N9O+. The number of carbonyl (C=O) groups is 1. The molecule has 10 heteroatoms. The number of nitrogens with two attached hydrogens (primary N) is 1. The lowest BCUT2D eigenvalue weighted by atomic mass is 9.93. The van der Waals surface area contributed by atoms with Crippen LogP contribution in [0.15, 0.2) is 94.8 Å². The van der Waals surface area contributed by atoms with Gasteiger partial charge in [-0.2, -0.15) is 15.9 Å². The van der Waals surface area contributed by atoms with Crippen molar-refractivity contribution in [2.45, 2.75) is 19.4 Å². The number of fused-ring (bicyclic) bond motifs is 1. The summed E-state index contributed by atoms with van der Waals surface area (Å²) in [6, 6.07) is 12.8. The number of hydrogen-bond acceptors (Lipinski definition) is 7. The van der Waals surface area contributed by atoms with Crippen molar-refractivity contribution in [3.63, 3.8) is 0 Å². The molecule has 3 aromatic rings. The number of anilines is 1. The van der Waals surface area contributed by atoms with Crippen molar-refractivity contribution >= 4 is 23.8 Å². The highest BCUT2D eigenvalue weighted by molar-refractivity contribution is 6.05. The van der Waals surface area contributed by atoms with Gasteiger partial charge in [-0.1, -0.05) is 6.07 Å². The number of nitrogens with zero attached hydrogens (tertiary/aromatic N) is 7. The second-order valence-electron chi connectivity index (χ2n) is 9.90. The van der Waals surface area contributed by atoms with Crippen LogP contribution in [0.3, 0.4) is 0 Å². The number of allylic oxidation sites excluding steroid dienone is 1. The summed E-state index contributed by atoms with van der Waals surface area (Å²) < 4.78 is 1.81. The van der Waals surface area contributed by atoms with E-state index in [-0.39, 0.29) is 16.4 Å². The van der Waals surface area contributed by atoms with Gasteiger partial charge in [0.2, 0.25) is 5.70 Å². The second-order valence-corrected chi connectivity index (χ2v) is 9.90. The number of likely N-dealkylation sites (tertiary alicyclic amines) is 1. The maximum atomic E-state index is 12.7. The number of pyridine rings is 1. The summed E-state index contributed by atoms with van der Waals surface area (Å²) >= 11 is 0. The number of quaternary nitrogens is 1. The molecule has 0 saturated carbocycles. The van der Waals surface area contributed by atoms with Gasteiger partial charge < -0.3 is 5.32 Å². The van der Waals surface area contributed by atoms with Crippen LogP contribution < -0.4 is 11.2 Å². The van der Waals surface area contributed by atoms with Gasteiger partial charge in [-0.15, -0.1) is 4.59 Å². The van der Waals surface area contributed by atoms with Crippen LogP contribution >= 0.6 is 0 Å². The van der Waals surface area contributed by atoms with E-state index in [1.54, 1.807) is 36.7 Å². The zero-order valence-electron chi connectivity index (χ0n) is 21.2. The standard InChI is InChI=1S/C28H29N9O/c1-35-17-20(15-32-35)18-36-13-4-5-23(19-36)26-24-16-30-12-14-37(24,29)27(34-26)21-7-9-22(10-8-21)28(38)33-25-6-2-3-11-31-25/h2-3,6-12,14-17,23H,4-5,13,18-19,29H2,1H3/p+1. The zero-order valence-corrected chi connectivity index (χ0v) is 21.2. The Labute approximate surface area is 221 Å². The topological polar surface area (TPSA) is 114 Å². The molecule has 1 fully saturated rings. The minimum Gasteiger partial charge on any atom is -0.307 e. The Morgan fingerprint density at radius 1 is 1.21 bits per heavy atom. The first-order chi connectivity index (χ1) is 18.5. The number of aliphatic imine (C=N–C) groups is 2. The summed E-state index contributed by atoms with van der Waals surface area (Å²) in [5, 5.41) is 7.13. The summed E-state index contributed by atoms with van der Waals surface area (Å²) in [6.07, 6.45) is 13.2. The Kier molecular flexibility index (Phi) is 6.28. The molecule has 1 saturated heterocycles. The molecule has 0 aliphatic carbocycles. The molecule has 0 spiro atoms. The molecule has 38 heavy (non-hydrogen) atoms. The Balaban J connectivity index is 1.24. The lowest BCUT2D eigenvalue weighted by Crippen LogP contribution is -2.53. The van der Waals surface area contributed by atoms with E-state index >= 15 is 0 Å². The van der Waals surface area contributed by atoms with Crippen molar-refractivity contribution in [1.29, 1.82) is 0 Å². The van der Waals surface area contributed by atoms with Crippen LogP contribution in [0, 0.1) is 5.92 Å². The molecule has 0 bridgehead atoms. The Morgan fingerprint density at radius 2 is 2.08 bits per heavy atom. The van der Waals surface area contributed by atoms with E-state index in [4.69, 9.17) is 10.8 Å². The average Bonchev–Trinajstić information content (AvgIpc) is 3.49. The van der Waals surface area contributed by atoms with E-state index in [9.17, 15) is 4.79 Å². The first kappa shape index (κ1) is 24.1. The number of aromatic nitrogens is 3. The Hall–Kier alpha value is -4.25. The SMILES string of the molecule is Cn1cc(CN2CCCC(C3=C4C=NC=C[N+]4(N)C(c4ccc(C(=O)Nc5ccccn5)cc4)=N3)C2)cn1. The molecule has 5 heterocycles. The van der Waals surface area contributed by atoms with Crippen LogP contribution in [-0.4, -0.2) is 55.3 Å². The van der Waals surface area contributed by atoms with Crippen LogP contribution in [0.5, 0.6) is 0 Å². The average molecular weight is 509 g/mol. The maximum Gasteiger partial charge on any atom is 0.264 e. The number of aryl methyl sites for hydroxylation is 1. The first-order valence-corrected chi connectivity index (χ1v) is 12.7. The highest BCUT2D eigenvalue weighted by Crippen LogP contribution is 2.37. The molecule has 0 radical (unpaired) electrons. The number of carbonyl (C=O) groups excluding carboxylic acids is 1. The van der Waals surface area contributed by atoms with Gasteiger partial charge >= 0.3 is 0 Å². The molecule has 6 rings (SSSR count). The molecular weight excluding hydrogens is 478 g/mol. The first-order valence-electron chi connectivity index (χ1n) is 12.7. The van der Waals surface area contributed by atoms with Crippen molar-refractivity contribution in [3.8, 4) is 0 Å². The smallest absolute Gasteiger partial charge is 0.264 e. The van der Waals surface area contributed by atoms with Crippen LogP contribution in [-0.2, 0) is 13.6 Å². The van der Waals surface area contributed by atoms with Gasteiger partial charge in [0, 0.05) is 49.6 Å². The van der Waals surface area contributed by atoms with Gasteiger partial charge in [-0.3, -0.25) is 19.4 Å². The fourth-order valence-corrected chi connectivity index (χ4v) is 5.34. The van der Waals surface area contributed by atoms with E-state index in [1.165, 1.54) is 5.56 Å². The van der Waals surface area contributed by atoms with Crippen molar-refractivity contribution in [3.05, 3.63) is 102 Å². The summed E-state index contributed by atoms with van der Waals surface area (Å²) in [5.74, 6) is 8.21. The van der Waals surface area contributed by atoms with Crippen LogP contribution in [0.25, 0.3) is 0 Å². The van der Waals surface area contributed by atoms with Crippen molar-refractivity contribution in [2.24, 2.45) is 28.8 Å². The highest BCUT2D eigenvalue weighted by Gasteiger charge is 2.46. The molecule has 2 unspecified atom stereocenters. The third-order valence-corrected chi connectivity index (χ3v) is 7.19. The van der Waals surface area contributed by atoms with Gasteiger partial charge in [0.15, 0.2) is 0 Å². The highest BCUT2D eigenvalue weighted by atomic mass is 16.1. The third kappa shape index (κ3) is 4.60. The summed E-state index contributed by atoms with van der Waals surface area (Å²) in [5.41, 5.74) is 4.48. The third-order valence-electron chi connectivity index (χ3n) is 7.19. The molecule has 2 aromatic heterocycles. The number of amides is 1. The monoisotopic (exact) mass is 508 g/mol. The van der Waals surface area contributed by atoms with Gasteiger partial charge in [-0.05, 0) is 55.8 Å². The minimum atomic E-state index is -0.222. The number of hydrogen-bond donors (Lipinski definition) is 2. The van der Waals surface area contributed by atoms with Gasteiger partial charge in [0.25, 0.3) is 11.7 Å². The molecule has 1 amide bonds. The van der Waals surface area contributed by atoms with Crippen LogP contribution in [0.4, 0.5) is 5.82 Å². The number of amidine groups is 1. The number of piperidine rings is 1. The van der Waals surface area contributed by atoms with E-state index in [0.717, 1.165) is 55.3 Å². The van der Waals surface area contributed by atoms with Crippen molar-refractivity contribution in [2.75, 3.05) is 18.4 Å². The van der Waals surface area contributed by atoms with E-state index in [2.05, 4.69) is 31.5 Å². The summed E-state index contributed by atoms with van der Waals surface area (Å²) in [6.45, 7) is 2.81. The molecule has 3 aliphatic heterocycles. The predicted molar refractivity (Wildman–Crippen MR) is 145 cm³/mol. The molecule has 2 atom stereocenters. The van der Waals surface area contributed by atoms with E-state index in [1.807, 2.05) is 48.5 Å². The summed E-state index contributed by atoms with van der Waals surface area (Å²) in [4.78, 5) is 28.8. The van der Waals surface area contributed by atoms with Crippen LogP contribution in [0.1, 0.15) is 34.3 Å². The Bertz CT molecular complexity index is 1470. The fraction of sp³-hybridized carbons (Fsp3) is 0.250. The molecule has 3 aliphatic rings. The van der Waals surface area contributed by atoms with Crippen LogP contribution in [0.2, 0.25) is 0 Å². The maximum absolute atomic E-state index is 12.7. The summed E-state index contributed by atoms with van der Waals surface area (Å²) in [7, 11) is 1.94. The lowest BCUT2D eigenvalue weighted by molar-refractivity contribution is -0.750. The number of nitrogens with one attached hydrogen (secondary N) is 1. The van der Waals surface area contributed by atoms with E-state index < -0.39 is 0 Å². The minimum absolute atomic E-state index is 0.0303. The fourth-order valence-electron chi connectivity index (χ4n) is 5.34. The number of rotatable bonds is 6. The predicted octanol–water partition coefficient (Wildman–Crippen LogP) is 3.20. The molecule has 3 N–H and O–H groups in total. The van der Waals surface area contributed by atoms with Gasteiger partial charge in [-0.25, -0.2) is 4.98 Å². The molecule has 192 valence electrons. The number of benzene rings is 1. The van der Waals surface area contributed by atoms with Crippen molar-refractivity contribution in [1.82, 2.24) is 19.7 Å². The normalized spacial score (nSPS) is 22.9. The quantitative estimate of drug-likeness (QED) is 0.392. The van der Waals surface area contributed by atoms with Gasteiger partial charge in [0.1, 0.15) is 17.7 Å².